The van der Waals surface area contributed by atoms with Crippen molar-refractivity contribution in [1.29, 1.82) is 0 Å². The van der Waals surface area contributed by atoms with Gasteiger partial charge in [0.2, 0.25) is 10.0 Å². The Morgan fingerprint density at radius 1 is 1.00 bits per heavy atom. The summed E-state index contributed by atoms with van der Waals surface area (Å²) >= 11 is 16.0. The molecule has 0 aliphatic heterocycles. The van der Waals surface area contributed by atoms with Crippen molar-refractivity contribution in [3.05, 3.63) is 104 Å². The van der Waals surface area contributed by atoms with Crippen molar-refractivity contribution in [3.63, 3.8) is 0 Å². The van der Waals surface area contributed by atoms with Crippen LogP contribution in [0.25, 0.3) is 16.9 Å². The molecule has 1 heterocycles. The summed E-state index contributed by atoms with van der Waals surface area (Å²) in [7, 11) is -3.89. The van der Waals surface area contributed by atoms with Crippen LogP contribution >= 0.6 is 39.1 Å². The van der Waals surface area contributed by atoms with Gasteiger partial charge in [0.05, 0.1) is 40.0 Å². The number of halogens is 6. The number of rotatable bonds is 8. The number of benzene rings is 3. The molecular formula is C26H21BrCl2F3N3O2S. The third-order valence-corrected chi connectivity index (χ3v) is 8.14. The fraction of sp³-hybridized carbons (Fsp3) is 0.192. The average Bonchev–Trinajstić information content (AvgIpc) is 3.21. The summed E-state index contributed by atoms with van der Waals surface area (Å²) in [5.41, 5.74) is 2.87. The molecule has 0 atom stereocenters. The molecule has 0 radical (unpaired) electrons. The van der Waals surface area contributed by atoms with Crippen LogP contribution in [-0.4, -0.2) is 18.2 Å². The number of sulfonamides is 1. The van der Waals surface area contributed by atoms with E-state index in [-0.39, 0.29) is 12.1 Å². The quantitative estimate of drug-likeness (QED) is 0.212. The van der Waals surface area contributed by atoms with Crippen LogP contribution in [0.15, 0.2) is 71.2 Å². The van der Waals surface area contributed by atoms with Gasteiger partial charge >= 0.3 is 6.18 Å². The molecule has 0 saturated heterocycles. The van der Waals surface area contributed by atoms with Crippen LogP contribution in [0.1, 0.15) is 29.3 Å². The fourth-order valence-electron chi connectivity index (χ4n) is 3.98. The molecule has 38 heavy (non-hydrogen) atoms. The topological polar surface area (TPSA) is 64.0 Å². The van der Waals surface area contributed by atoms with Gasteiger partial charge in [0, 0.05) is 20.6 Å². The van der Waals surface area contributed by atoms with Crippen LogP contribution in [0.2, 0.25) is 10.0 Å². The molecule has 0 aliphatic rings. The Morgan fingerprint density at radius 2 is 1.66 bits per heavy atom. The molecule has 4 rings (SSSR count). The van der Waals surface area contributed by atoms with Gasteiger partial charge in [0.15, 0.2) is 0 Å². The van der Waals surface area contributed by atoms with Gasteiger partial charge in [0.25, 0.3) is 0 Å². The van der Waals surface area contributed by atoms with Gasteiger partial charge in [-0.2, -0.15) is 18.3 Å². The number of hydrogen-bond acceptors (Lipinski definition) is 3. The Morgan fingerprint density at radius 3 is 2.24 bits per heavy atom. The third kappa shape index (κ3) is 6.60. The molecular weight excluding hydrogens is 626 g/mol. The van der Waals surface area contributed by atoms with Crippen molar-refractivity contribution in [2.45, 2.75) is 31.8 Å². The van der Waals surface area contributed by atoms with Crippen molar-refractivity contribution in [2.24, 2.45) is 0 Å². The standard InChI is InChI=1S/C26H21BrCl2F3N3O2S/c1-2-21-23(14-33-38(36,37)15-16-3-7-18(8-4-16)26(30,31)32)34-35(24-12-11-20(28)13-22(24)29)25(21)17-5-9-19(27)10-6-17/h3-13,33H,2,14-15H2,1H3. The second-order valence-electron chi connectivity index (χ2n) is 8.42. The molecule has 200 valence electrons. The van der Waals surface area contributed by atoms with Crippen LogP contribution in [-0.2, 0) is 34.9 Å². The summed E-state index contributed by atoms with van der Waals surface area (Å²) in [6.07, 6.45) is -3.95. The number of nitrogens with zero attached hydrogens (tertiary/aromatic N) is 2. The normalized spacial score (nSPS) is 12.2. The predicted octanol–water partition coefficient (Wildman–Crippen LogP) is 7.81. The molecule has 0 unspecified atom stereocenters. The lowest BCUT2D eigenvalue weighted by molar-refractivity contribution is -0.137. The Hall–Kier alpha value is -2.37. The highest BCUT2D eigenvalue weighted by atomic mass is 79.9. The first-order valence-electron chi connectivity index (χ1n) is 11.3. The number of alkyl halides is 3. The van der Waals surface area contributed by atoms with E-state index in [4.69, 9.17) is 28.3 Å². The molecule has 12 heteroatoms. The smallest absolute Gasteiger partial charge is 0.231 e. The molecule has 3 aromatic carbocycles. The zero-order valence-corrected chi connectivity index (χ0v) is 23.8. The Kier molecular flexibility index (Phi) is 8.59. The first-order chi connectivity index (χ1) is 17.9. The summed E-state index contributed by atoms with van der Waals surface area (Å²) in [5, 5.41) is 5.55. The van der Waals surface area contributed by atoms with Crippen LogP contribution in [0.5, 0.6) is 0 Å². The lowest BCUT2D eigenvalue weighted by Gasteiger charge is -2.11. The molecule has 0 saturated carbocycles. The van der Waals surface area contributed by atoms with Gasteiger partial charge in [0.1, 0.15) is 0 Å². The maximum Gasteiger partial charge on any atom is 0.416 e. The average molecular weight is 647 g/mol. The van der Waals surface area contributed by atoms with Gasteiger partial charge in [-0.1, -0.05) is 70.3 Å². The maximum absolute atomic E-state index is 12.8. The Labute approximate surface area is 236 Å². The molecule has 0 fully saturated rings. The van der Waals surface area contributed by atoms with Crippen LogP contribution in [0.3, 0.4) is 0 Å². The first kappa shape index (κ1) is 28.6. The summed E-state index contributed by atoms with van der Waals surface area (Å²) in [6, 6.07) is 16.7. The van der Waals surface area contributed by atoms with E-state index < -0.39 is 27.5 Å². The van der Waals surface area contributed by atoms with Gasteiger partial charge in [-0.05, 0) is 54.4 Å². The summed E-state index contributed by atoms with van der Waals surface area (Å²) in [4.78, 5) is 0. The zero-order chi connectivity index (χ0) is 27.7. The van der Waals surface area contributed by atoms with E-state index in [2.05, 4.69) is 20.7 Å². The van der Waals surface area contributed by atoms with Crippen molar-refractivity contribution in [1.82, 2.24) is 14.5 Å². The van der Waals surface area contributed by atoms with Crippen LogP contribution in [0.4, 0.5) is 13.2 Å². The van der Waals surface area contributed by atoms with E-state index in [1.165, 1.54) is 0 Å². The highest BCUT2D eigenvalue weighted by Gasteiger charge is 2.30. The van der Waals surface area contributed by atoms with E-state index in [0.29, 0.717) is 27.8 Å². The fourth-order valence-corrected chi connectivity index (χ4v) is 5.82. The van der Waals surface area contributed by atoms with Crippen molar-refractivity contribution in [2.75, 3.05) is 0 Å². The van der Waals surface area contributed by atoms with Crippen molar-refractivity contribution in [3.8, 4) is 16.9 Å². The summed E-state index contributed by atoms with van der Waals surface area (Å²) in [5.74, 6) is -0.476. The molecule has 1 aromatic heterocycles. The van der Waals surface area contributed by atoms with Gasteiger partial charge in [-0.25, -0.2) is 17.8 Å². The van der Waals surface area contributed by atoms with E-state index >= 15 is 0 Å². The largest absolute Gasteiger partial charge is 0.416 e. The molecule has 1 N–H and O–H groups in total. The summed E-state index contributed by atoms with van der Waals surface area (Å²) in [6.45, 7) is 1.82. The van der Waals surface area contributed by atoms with Crippen LogP contribution < -0.4 is 4.72 Å². The highest BCUT2D eigenvalue weighted by Crippen LogP contribution is 2.34. The molecule has 0 spiro atoms. The lowest BCUT2D eigenvalue weighted by atomic mass is 10.0. The van der Waals surface area contributed by atoms with E-state index in [0.717, 1.165) is 45.6 Å². The Balaban J connectivity index is 1.67. The van der Waals surface area contributed by atoms with Gasteiger partial charge in [-0.3, -0.25) is 0 Å². The number of hydrogen-bond donors (Lipinski definition) is 1. The predicted molar refractivity (Wildman–Crippen MR) is 147 cm³/mol. The molecule has 0 amide bonds. The third-order valence-electron chi connectivity index (χ3n) is 5.77. The lowest BCUT2D eigenvalue weighted by Crippen LogP contribution is -2.25. The zero-order valence-electron chi connectivity index (χ0n) is 19.9. The number of nitrogens with one attached hydrogen (secondary N) is 1. The Bertz CT molecular complexity index is 1560. The van der Waals surface area contributed by atoms with E-state index in [9.17, 15) is 21.6 Å². The molecule has 0 bridgehead atoms. The van der Waals surface area contributed by atoms with Gasteiger partial charge < -0.3 is 0 Å². The molecule has 4 aromatic rings. The summed E-state index contributed by atoms with van der Waals surface area (Å²) < 4.78 is 69.2. The SMILES string of the molecule is CCc1c(CNS(=O)(=O)Cc2ccc(C(F)(F)F)cc2)nn(-c2ccc(Cl)cc2Cl)c1-c1ccc(Br)cc1. The van der Waals surface area contributed by atoms with E-state index in [1.54, 1.807) is 22.9 Å². The first-order valence-corrected chi connectivity index (χ1v) is 14.5. The van der Waals surface area contributed by atoms with Crippen molar-refractivity contribution >= 4 is 49.2 Å². The molecule has 0 aliphatic carbocycles. The maximum atomic E-state index is 12.8. The second-order valence-corrected chi connectivity index (χ2v) is 12.0. The minimum Gasteiger partial charge on any atom is -0.231 e. The minimum atomic E-state index is -4.50. The van der Waals surface area contributed by atoms with Gasteiger partial charge in [-0.15, -0.1) is 0 Å². The minimum absolute atomic E-state index is 0.117. The van der Waals surface area contributed by atoms with Crippen molar-refractivity contribution < 1.29 is 21.6 Å². The second kappa shape index (κ2) is 11.4. The monoisotopic (exact) mass is 645 g/mol. The highest BCUT2D eigenvalue weighted by molar-refractivity contribution is 9.10. The molecule has 5 nitrogen and oxygen atoms in total. The number of aromatic nitrogens is 2. The van der Waals surface area contributed by atoms with Crippen LogP contribution in [0, 0.1) is 0 Å². The van der Waals surface area contributed by atoms with E-state index in [1.807, 2.05) is 31.2 Å².